The number of ether oxygens (including phenoxy) is 1. The quantitative estimate of drug-likeness (QED) is 0.793. The summed E-state index contributed by atoms with van der Waals surface area (Å²) in [6.07, 6.45) is -0.368. The Hall–Kier alpha value is -1.79. The summed E-state index contributed by atoms with van der Waals surface area (Å²) in [6.45, 7) is 8.33. The molecule has 0 saturated heterocycles. The first kappa shape index (κ1) is 18.2. The molecular weight excluding hydrogens is 264 g/mol. The third-order valence-electron chi connectivity index (χ3n) is 2.66. The molecule has 7 nitrogen and oxygen atoms in total. The van der Waals surface area contributed by atoms with Crippen LogP contribution in [0.1, 0.15) is 41.0 Å². The molecule has 0 aromatic heterocycles. The van der Waals surface area contributed by atoms with E-state index in [2.05, 4.69) is 5.32 Å². The molecule has 20 heavy (non-hydrogen) atoms. The van der Waals surface area contributed by atoms with E-state index in [-0.39, 0.29) is 6.42 Å². The summed E-state index contributed by atoms with van der Waals surface area (Å²) in [6, 6.07) is -1.78. The summed E-state index contributed by atoms with van der Waals surface area (Å²) in [5.74, 6) is -1.64. The molecule has 0 spiro atoms. The summed E-state index contributed by atoms with van der Waals surface area (Å²) in [5, 5.41) is 11.3. The summed E-state index contributed by atoms with van der Waals surface area (Å²) in [5.41, 5.74) is -0.658. The van der Waals surface area contributed by atoms with Gasteiger partial charge in [0.25, 0.3) is 0 Å². The van der Waals surface area contributed by atoms with Crippen LogP contribution in [0.25, 0.3) is 0 Å². The van der Waals surface area contributed by atoms with Gasteiger partial charge in [-0.1, -0.05) is 6.92 Å². The second kappa shape index (κ2) is 7.12. The fourth-order valence-electron chi connectivity index (χ4n) is 1.30. The van der Waals surface area contributed by atoms with Crippen LogP contribution in [-0.4, -0.2) is 52.7 Å². The van der Waals surface area contributed by atoms with Crippen molar-refractivity contribution < 1.29 is 24.2 Å². The van der Waals surface area contributed by atoms with E-state index in [1.54, 1.807) is 27.7 Å². The van der Waals surface area contributed by atoms with Crippen molar-refractivity contribution in [2.45, 2.75) is 58.7 Å². The van der Waals surface area contributed by atoms with Gasteiger partial charge in [-0.2, -0.15) is 0 Å². The molecule has 0 fully saturated rings. The minimum Gasteiger partial charge on any atom is -0.480 e. The highest BCUT2D eigenvalue weighted by atomic mass is 16.6. The molecule has 2 atom stereocenters. The molecule has 0 aliphatic heterocycles. The van der Waals surface area contributed by atoms with Gasteiger partial charge in [0, 0.05) is 7.05 Å². The zero-order valence-corrected chi connectivity index (χ0v) is 12.9. The van der Waals surface area contributed by atoms with Crippen LogP contribution in [0.3, 0.4) is 0 Å². The highest BCUT2D eigenvalue weighted by Crippen LogP contribution is 2.11. The summed E-state index contributed by atoms with van der Waals surface area (Å²) in [4.78, 5) is 35.7. The van der Waals surface area contributed by atoms with Gasteiger partial charge >= 0.3 is 12.1 Å². The van der Waals surface area contributed by atoms with Gasteiger partial charge in [-0.15, -0.1) is 0 Å². The fraction of sp³-hybridized carbons (Fsp3) is 0.769. The van der Waals surface area contributed by atoms with E-state index in [0.29, 0.717) is 0 Å². The van der Waals surface area contributed by atoms with Crippen LogP contribution in [-0.2, 0) is 14.3 Å². The number of amides is 2. The predicted molar refractivity (Wildman–Crippen MR) is 73.3 cm³/mol. The molecule has 0 saturated carbocycles. The molecule has 116 valence electrons. The Morgan fingerprint density at radius 1 is 1.30 bits per heavy atom. The second-order valence-corrected chi connectivity index (χ2v) is 5.57. The molecule has 2 amide bonds. The lowest BCUT2D eigenvalue weighted by atomic mass is 10.2. The van der Waals surface area contributed by atoms with Crippen molar-refractivity contribution in [2.75, 3.05) is 7.05 Å². The number of carboxylic acid groups (broad SMARTS) is 1. The molecular formula is C13H24N2O5. The van der Waals surface area contributed by atoms with E-state index >= 15 is 0 Å². The van der Waals surface area contributed by atoms with Crippen molar-refractivity contribution in [1.82, 2.24) is 10.2 Å². The number of rotatable bonds is 5. The zero-order chi connectivity index (χ0) is 16.1. The van der Waals surface area contributed by atoms with Crippen molar-refractivity contribution in [3.8, 4) is 0 Å². The molecule has 0 unspecified atom stereocenters. The second-order valence-electron chi connectivity index (χ2n) is 5.57. The van der Waals surface area contributed by atoms with Gasteiger partial charge in [-0.05, 0) is 34.1 Å². The van der Waals surface area contributed by atoms with E-state index in [4.69, 9.17) is 9.84 Å². The Bertz CT molecular complexity index is 375. The average Bonchev–Trinajstić information content (AvgIpc) is 2.31. The SMILES string of the molecule is CC[C@H](NC(=O)[C@H](C)N(C)C(=O)OC(C)(C)C)C(=O)O. The minimum atomic E-state index is -1.10. The Morgan fingerprint density at radius 2 is 1.80 bits per heavy atom. The predicted octanol–water partition coefficient (Wildman–Crippen LogP) is 1.22. The van der Waals surface area contributed by atoms with Gasteiger partial charge < -0.3 is 15.2 Å². The smallest absolute Gasteiger partial charge is 0.410 e. The molecule has 0 radical (unpaired) electrons. The van der Waals surface area contributed by atoms with Gasteiger partial charge in [-0.3, -0.25) is 9.69 Å². The molecule has 0 aliphatic rings. The lowest BCUT2D eigenvalue weighted by Gasteiger charge is -2.28. The van der Waals surface area contributed by atoms with Crippen LogP contribution in [0.4, 0.5) is 4.79 Å². The van der Waals surface area contributed by atoms with Gasteiger partial charge in [0.05, 0.1) is 0 Å². The van der Waals surface area contributed by atoms with Gasteiger partial charge in [-0.25, -0.2) is 9.59 Å². The number of hydrogen-bond acceptors (Lipinski definition) is 4. The van der Waals surface area contributed by atoms with Crippen LogP contribution in [0, 0.1) is 0 Å². The first-order chi connectivity index (χ1) is 8.99. The highest BCUT2D eigenvalue weighted by Gasteiger charge is 2.29. The van der Waals surface area contributed by atoms with Crippen LogP contribution < -0.4 is 5.32 Å². The van der Waals surface area contributed by atoms with E-state index in [9.17, 15) is 14.4 Å². The zero-order valence-electron chi connectivity index (χ0n) is 12.9. The first-order valence-corrected chi connectivity index (χ1v) is 6.48. The number of carbonyl (C=O) groups is 3. The van der Waals surface area contributed by atoms with Crippen molar-refractivity contribution in [1.29, 1.82) is 0 Å². The third kappa shape index (κ3) is 5.90. The van der Waals surface area contributed by atoms with Crippen LogP contribution >= 0.6 is 0 Å². The molecule has 7 heteroatoms. The van der Waals surface area contributed by atoms with Crippen LogP contribution in [0.15, 0.2) is 0 Å². The van der Waals surface area contributed by atoms with E-state index < -0.39 is 35.7 Å². The van der Waals surface area contributed by atoms with E-state index in [1.807, 2.05) is 0 Å². The van der Waals surface area contributed by atoms with Gasteiger partial charge in [0.1, 0.15) is 17.7 Å². The molecule has 0 rings (SSSR count). The maximum Gasteiger partial charge on any atom is 0.410 e. The van der Waals surface area contributed by atoms with Crippen LogP contribution in [0.2, 0.25) is 0 Å². The maximum atomic E-state index is 11.9. The summed E-state index contributed by atoms with van der Waals surface area (Å²) >= 11 is 0. The molecule has 0 aliphatic carbocycles. The lowest BCUT2D eigenvalue weighted by molar-refractivity contribution is -0.142. The number of carboxylic acids is 1. The Morgan fingerprint density at radius 3 is 2.15 bits per heavy atom. The Kier molecular flexibility index (Phi) is 6.48. The highest BCUT2D eigenvalue weighted by molar-refractivity contribution is 5.88. The fourth-order valence-corrected chi connectivity index (χ4v) is 1.30. The summed E-state index contributed by atoms with van der Waals surface area (Å²) < 4.78 is 5.14. The minimum absolute atomic E-state index is 0.268. The topological polar surface area (TPSA) is 95.9 Å². The third-order valence-corrected chi connectivity index (χ3v) is 2.66. The Labute approximate surface area is 119 Å². The van der Waals surface area contributed by atoms with Gasteiger partial charge in [0.15, 0.2) is 0 Å². The molecule has 0 heterocycles. The van der Waals surface area contributed by atoms with Crippen molar-refractivity contribution in [3.63, 3.8) is 0 Å². The largest absolute Gasteiger partial charge is 0.480 e. The average molecular weight is 288 g/mol. The lowest BCUT2D eigenvalue weighted by Crippen LogP contribution is -2.51. The number of hydrogen-bond donors (Lipinski definition) is 2. The number of likely N-dealkylation sites (N-methyl/N-ethyl adjacent to an activating group) is 1. The number of carbonyl (C=O) groups excluding carboxylic acids is 2. The van der Waals surface area contributed by atoms with E-state index in [0.717, 1.165) is 4.90 Å². The van der Waals surface area contributed by atoms with E-state index in [1.165, 1.54) is 14.0 Å². The first-order valence-electron chi connectivity index (χ1n) is 6.48. The Balaban J connectivity index is 4.64. The molecule has 2 N–H and O–H groups in total. The molecule has 0 bridgehead atoms. The number of aliphatic carboxylic acids is 1. The number of nitrogens with zero attached hydrogens (tertiary/aromatic N) is 1. The van der Waals surface area contributed by atoms with Crippen molar-refractivity contribution >= 4 is 18.0 Å². The van der Waals surface area contributed by atoms with Crippen molar-refractivity contribution in [2.24, 2.45) is 0 Å². The van der Waals surface area contributed by atoms with Gasteiger partial charge in [0.2, 0.25) is 5.91 Å². The standard InChI is InChI=1S/C13H24N2O5/c1-7-9(11(17)18)14-10(16)8(2)15(6)12(19)20-13(3,4)5/h8-9H,7H2,1-6H3,(H,14,16)(H,17,18)/t8-,9-/m0/s1. The molecule has 0 aromatic rings. The monoisotopic (exact) mass is 288 g/mol. The van der Waals surface area contributed by atoms with Crippen LogP contribution in [0.5, 0.6) is 0 Å². The molecule has 0 aromatic carbocycles. The van der Waals surface area contributed by atoms with Crippen molar-refractivity contribution in [3.05, 3.63) is 0 Å². The summed E-state index contributed by atoms with van der Waals surface area (Å²) in [7, 11) is 1.43. The maximum absolute atomic E-state index is 11.9. The number of nitrogens with one attached hydrogen (secondary N) is 1. The normalized spacial score (nSPS) is 14.1.